The number of likely N-dealkylation sites (N-methyl/N-ethyl adjacent to an activating group) is 1. The summed E-state index contributed by atoms with van der Waals surface area (Å²) >= 11 is 0. The Labute approximate surface area is 209 Å². The van der Waals surface area contributed by atoms with Gasteiger partial charge in [0.25, 0.3) is 0 Å². The topological polar surface area (TPSA) is 53.4 Å². The van der Waals surface area contributed by atoms with E-state index in [-0.39, 0.29) is 5.91 Å². The number of benzene rings is 2. The summed E-state index contributed by atoms with van der Waals surface area (Å²) in [7, 11) is 0. The molecular formula is C29H37N5O. The van der Waals surface area contributed by atoms with Gasteiger partial charge in [-0.2, -0.15) is 5.10 Å². The molecular weight excluding hydrogens is 434 g/mol. The van der Waals surface area contributed by atoms with Gasteiger partial charge in [0.15, 0.2) is 0 Å². The molecule has 1 aromatic heterocycles. The molecule has 6 nitrogen and oxygen atoms in total. The third-order valence-corrected chi connectivity index (χ3v) is 6.94. The van der Waals surface area contributed by atoms with Gasteiger partial charge in [0.2, 0.25) is 5.91 Å². The Morgan fingerprint density at radius 1 is 1.00 bits per heavy atom. The average Bonchev–Trinajstić information content (AvgIpc) is 3.12. The zero-order chi connectivity index (χ0) is 24.9. The summed E-state index contributed by atoms with van der Waals surface area (Å²) in [5.74, 6) is -0.137. The predicted octanol–water partition coefficient (Wildman–Crippen LogP) is 4.96. The van der Waals surface area contributed by atoms with Gasteiger partial charge in [0, 0.05) is 54.9 Å². The second-order valence-electron chi connectivity index (χ2n) is 9.47. The lowest BCUT2D eigenvalue weighted by Gasteiger charge is -2.35. The van der Waals surface area contributed by atoms with E-state index in [1.807, 2.05) is 23.7 Å². The first kappa shape index (κ1) is 24.7. The standard InChI is InChI=1S/C29H37N5O/c1-6-32-15-17-33(18-16-32)26-11-13-28(22(3)19-26)30-29(35)14-12-27-23(4)31-34(24(27)5)20-25-9-7-21(2)8-10-25/h7-14,19H,6,15-18,20H2,1-5H3,(H,30,35)/b14-12+. The third kappa shape index (κ3) is 6.01. The van der Waals surface area contributed by atoms with Crippen LogP contribution in [0.3, 0.4) is 0 Å². The number of anilines is 2. The highest BCUT2D eigenvalue weighted by Crippen LogP contribution is 2.24. The first-order chi connectivity index (χ1) is 16.8. The van der Waals surface area contributed by atoms with Crippen LogP contribution < -0.4 is 10.2 Å². The van der Waals surface area contributed by atoms with Crippen LogP contribution in [0.2, 0.25) is 0 Å². The van der Waals surface area contributed by atoms with Crippen molar-refractivity contribution in [3.05, 3.63) is 82.2 Å². The first-order valence-corrected chi connectivity index (χ1v) is 12.5. The maximum absolute atomic E-state index is 12.7. The van der Waals surface area contributed by atoms with Gasteiger partial charge in [-0.05, 0) is 69.6 Å². The summed E-state index contributed by atoms with van der Waals surface area (Å²) in [5.41, 5.74) is 8.56. The molecule has 1 aliphatic heterocycles. The molecule has 184 valence electrons. The number of carbonyl (C=O) groups excluding carboxylic acids is 1. The molecule has 0 atom stereocenters. The SMILES string of the molecule is CCN1CCN(c2ccc(NC(=O)/C=C/c3c(C)nn(Cc4ccc(C)cc4)c3C)c(C)c2)CC1. The molecule has 6 heteroatoms. The highest BCUT2D eigenvalue weighted by molar-refractivity contribution is 6.02. The Hall–Kier alpha value is -3.38. The van der Waals surface area contributed by atoms with Crippen LogP contribution in [0.1, 0.15) is 40.6 Å². The molecule has 0 aliphatic carbocycles. The number of nitrogens with one attached hydrogen (secondary N) is 1. The molecule has 1 saturated heterocycles. The van der Waals surface area contributed by atoms with Gasteiger partial charge in [0.05, 0.1) is 12.2 Å². The van der Waals surface area contributed by atoms with E-state index in [9.17, 15) is 4.79 Å². The average molecular weight is 472 g/mol. The Morgan fingerprint density at radius 3 is 2.37 bits per heavy atom. The summed E-state index contributed by atoms with van der Waals surface area (Å²) in [4.78, 5) is 17.6. The van der Waals surface area contributed by atoms with Gasteiger partial charge in [-0.3, -0.25) is 9.48 Å². The molecule has 2 aromatic carbocycles. The van der Waals surface area contributed by atoms with Crippen molar-refractivity contribution in [1.82, 2.24) is 14.7 Å². The normalized spacial score (nSPS) is 14.6. The van der Waals surface area contributed by atoms with Gasteiger partial charge in [0.1, 0.15) is 0 Å². The predicted molar refractivity (Wildman–Crippen MR) is 145 cm³/mol. The van der Waals surface area contributed by atoms with Gasteiger partial charge >= 0.3 is 0 Å². The largest absolute Gasteiger partial charge is 0.369 e. The molecule has 35 heavy (non-hydrogen) atoms. The van der Waals surface area contributed by atoms with Crippen LogP contribution in [0, 0.1) is 27.7 Å². The van der Waals surface area contributed by atoms with E-state index in [1.165, 1.54) is 16.8 Å². The summed E-state index contributed by atoms with van der Waals surface area (Å²) in [5, 5.41) is 7.73. The maximum atomic E-state index is 12.7. The monoisotopic (exact) mass is 471 g/mol. The minimum absolute atomic E-state index is 0.137. The van der Waals surface area contributed by atoms with E-state index >= 15 is 0 Å². The number of carbonyl (C=O) groups is 1. The van der Waals surface area contributed by atoms with E-state index in [1.54, 1.807) is 6.08 Å². The fourth-order valence-corrected chi connectivity index (χ4v) is 4.61. The van der Waals surface area contributed by atoms with Crippen molar-refractivity contribution < 1.29 is 4.79 Å². The minimum Gasteiger partial charge on any atom is -0.369 e. The summed E-state index contributed by atoms with van der Waals surface area (Å²) in [6.45, 7) is 16.5. The number of nitrogens with zero attached hydrogens (tertiary/aromatic N) is 4. The molecule has 0 spiro atoms. The number of aromatic nitrogens is 2. The molecule has 1 aliphatic rings. The van der Waals surface area contributed by atoms with Crippen LogP contribution in [0.4, 0.5) is 11.4 Å². The van der Waals surface area contributed by atoms with Crippen molar-refractivity contribution in [2.24, 2.45) is 0 Å². The Kier molecular flexibility index (Phi) is 7.71. The van der Waals surface area contributed by atoms with Crippen LogP contribution in [0.15, 0.2) is 48.5 Å². The Morgan fingerprint density at radius 2 is 1.71 bits per heavy atom. The van der Waals surface area contributed by atoms with Crippen LogP contribution in [-0.2, 0) is 11.3 Å². The molecule has 1 amide bonds. The van der Waals surface area contributed by atoms with Gasteiger partial charge in [-0.25, -0.2) is 0 Å². The summed E-state index contributed by atoms with van der Waals surface area (Å²) < 4.78 is 2.00. The Bertz CT molecular complexity index is 1200. The lowest BCUT2D eigenvalue weighted by molar-refractivity contribution is -0.111. The molecule has 0 bridgehead atoms. The number of aryl methyl sites for hydroxylation is 3. The van der Waals surface area contributed by atoms with Crippen molar-refractivity contribution in [3.63, 3.8) is 0 Å². The molecule has 0 radical (unpaired) electrons. The molecule has 3 aromatic rings. The quantitative estimate of drug-likeness (QED) is 0.495. The first-order valence-electron chi connectivity index (χ1n) is 12.5. The van der Waals surface area contributed by atoms with Crippen molar-refractivity contribution in [3.8, 4) is 0 Å². The fourth-order valence-electron chi connectivity index (χ4n) is 4.61. The van der Waals surface area contributed by atoms with Crippen LogP contribution in [-0.4, -0.2) is 53.3 Å². The van der Waals surface area contributed by atoms with Crippen molar-refractivity contribution >= 4 is 23.4 Å². The molecule has 0 saturated carbocycles. The van der Waals surface area contributed by atoms with Crippen molar-refractivity contribution in [1.29, 1.82) is 0 Å². The Balaban J connectivity index is 1.39. The third-order valence-electron chi connectivity index (χ3n) is 6.94. The van der Waals surface area contributed by atoms with Crippen molar-refractivity contribution in [2.75, 3.05) is 42.9 Å². The van der Waals surface area contributed by atoms with Gasteiger partial charge in [-0.15, -0.1) is 0 Å². The molecule has 1 N–H and O–H groups in total. The van der Waals surface area contributed by atoms with E-state index in [0.29, 0.717) is 6.54 Å². The second kappa shape index (κ2) is 10.9. The number of rotatable bonds is 7. The molecule has 2 heterocycles. The van der Waals surface area contributed by atoms with Gasteiger partial charge < -0.3 is 15.1 Å². The lowest BCUT2D eigenvalue weighted by atomic mass is 10.1. The van der Waals surface area contributed by atoms with E-state index in [2.05, 4.69) is 79.2 Å². The number of hydrogen-bond acceptors (Lipinski definition) is 4. The summed E-state index contributed by atoms with van der Waals surface area (Å²) in [6.07, 6.45) is 3.47. The van der Waals surface area contributed by atoms with E-state index in [0.717, 1.165) is 60.9 Å². The maximum Gasteiger partial charge on any atom is 0.248 e. The second-order valence-corrected chi connectivity index (χ2v) is 9.47. The zero-order valence-electron chi connectivity index (χ0n) is 21.6. The highest BCUT2D eigenvalue weighted by Gasteiger charge is 2.16. The highest BCUT2D eigenvalue weighted by atomic mass is 16.1. The summed E-state index contributed by atoms with van der Waals surface area (Å²) in [6, 6.07) is 14.8. The number of piperazine rings is 1. The van der Waals surface area contributed by atoms with E-state index in [4.69, 9.17) is 5.10 Å². The molecule has 0 unspecified atom stereocenters. The van der Waals surface area contributed by atoms with Crippen molar-refractivity contribution in [2.45, 2.75) is 41.2 Å². The van der Waals surface area contributed by atoms with Crippen LogP contribution >= 0.6 is 0 Å². The smallest absolute Gasteiger partial charge is 0.248 e. The number of amides is 1. The zero-order valence-corrected chi connectivity index (χ0v) is 21.6. The number of hydrogen-bond donors (Lipinski definition) is 1. The van der Waals surface area contributed by atoms with E-state index < -0.39 is 0 Å². The van der Waals surface area contributed by atoms with Crippen LogP contribution in [0.25, 0.3) is 6.08 Å². The van der Waals surface area contributed by atoms with Gasteiger partial charge in [-0.1, -0.05) is 36.8 Å². The van der Waals surface area contributed by atoms with Crippen LogP contribution in [0.5, 0.6) is 0 Å². The molecule has 1 fully saturated rings. The minimum atomic E-state index is -0.137. The molecule has 4 rings (SSSR count). The fraction of sp³-hybridized carbons (Fsp3) is 0.379. The lowest BCUT2D eigenvalue weighted by Crippen LogP contribution is -2.46.